The maximum atomic E-state index is 4.22. The normalized spacial score (nSPS) is 20.7. The summed E-state index contributed by atoms with van der Waals surface area (Å²) in [5.41, 5.74) is 1.03. The third-order valence-corrected chi connectivity index (χ3v) is 4.10. The predicted octanol–water partition coefficient (Wildman–Crippen LogP) is 1.90. The van der Waals surface area contributed by atoms with E-state index >= 15 is 0 Å². The molecule has 2 heterocycles. The summed E-state index contributed by atoms with van der Waals surface area (Å²) in [6.45, 7) is 11.9. The molecule has 0 aromatic carbocycles. The van der Waals surface area contributed by atoms with Crippen molar-refractivity contribution in [2.75, 3.05) is 19.6 Å². The number of rotatable bonds is 7. The first-order valence-corrected chi connectivity index (χ1v) is 8.02. The van der Waals surface area contributed by atoms with Crippen molar-refractivity contribution in [1.82, 2.24) is 25.2 Å². The van der Waals surface area contributed by atoms with E-state index in [1.54, 1.807) is 0 Å². The molecular formula is C15H29N5. The molecule has 0 radical (unpaired) electrons. The van der Waals surface area contributed by atoms with Crippen LogP contribution in [0.3, 0.4) is 0 Å². The number of aromatic nitrogens is 3. The average Bonchev–Trinajstić information content (AvgIpc) is 2.91. The van der Waals surface area contributed by atoms with Gasteiger partial charge in [0.2, 0.25) is 0 Å². The molecule has 1 aliphatic heterocycles. The van der Waals surface area contributed by atoms with Gasteiger partial charge in [0.1, 0.15) is 0 Å². The monoisotopic (exact) mass is 279 g/mol. The smallest absolute Gasteiger partial charge is 0.0964 e. The second-order valence-electron chi connectivity index (χ2n) is 6.23. The molecule has 2 rings (SSSR count). The molecule has 1 aromatic heterocycles. The molecule has 0 aliphatic carbocycles. The maximum absolute atomic E-state index is 4.22. The van der Waals surface area contributed by atoms with E-state index in [-0.39, 0.29) is 0 Å². The molecule has 0 spiro atoms. The topological polar surface area (TPSA) is 46.0 Å². The second kappa shape index (κ2) is 7.74. The fourth-order valence-electron chi connectivity index (χ4n) is 2.77. The van der Waals surface area contributed by atoms with Crippen LogP contribution in [-0.4, -0.2) is 45.6 Å². The molecule has 114 valence electrons. The van der Waals surface area contributed by atoms with E-state index < -0.39 is 0 Å². The standard InChI is InChI=1S/C15H29N5/c1-4-14-6-5-7-19(11-14)8-9-20-12-15(17-18-20)10-16-13(2)3/h12-14,16H,4-11H2,1-3H3. The lowest BCUT2D eigenvalue weighted by Gasteiger charge is -2.32. The molecule has 0 bridgehead atoms. The lowest BCUT2D eigenvalue weighted by molar-refractivity contribution is 0.164. The summed E-state index contributed by atoms with van der Waals surface area (Å²) >= 11 is 0. The summed E-state index contributed by atoms with van der Waals surface area (Å²) in [5.74, 6) is 0.894. The van der Waals surface area contributed by atoms with E-state index in [4.69, 9.17) is 0 Å². The van der Waals surface area contributed by atoms with Gasteiger partial charge < -0.3 is 10.2 Å². The van der Waals surface area contributed by atoms with Crippen molar-refractivity contribution in [3.8, 4) is 0 Å². The lowest BCUT2D eigenvalue weighted by Crippen LogP contribution is -2.37. The van der Waals surface area contributed by atoms with Gasteiger partial charge in [-0.3, -0.25) is 4.68 Å². The van der Waals surface area contributed by atoms with Gasteiger partial charge >= 0.3 is 0 Å². The Morgan fingerprint density at radius 3 is 3.00 bits per heavy atom. The Labute approximate surface area is 122 Å². The Bertz CT molecular complexity index is 387. The molecule has 1 saturated heterocycles. The van der Waals surface area contributed by atoms with E-state index in [0.29, 0.717) is 6.04 Å². The molecule has 1 N–H and O–H groups in total. The number of piperidine rings is 1. The summed E-state index contributed by atoms with van der Waals surface area (Å²) < 4.78 is 1.98. The zero-order valence-electron chi connectivity index (χ0n) is 13.2. The van der Waals surface area contributed by atoms with Gasteiger partial charge in [0, 0.05) is 31.9 Å². The molecule has 1 atom stereocenters. The Morgan fingerprint density at radius 1 is 1.40 bits per heavy atom. The van der Waals surface area contributed by atoms with E-state index in [9.17, 15) is 0 Å². The summed E-state index contributed by atoms with van der Waals surface area (Å²) in [6, 6.07) is 0.486. The summed E-state index contributed by atoms with van der Waals surface area (Å²) in [6.07, 6.45) is 6.13. The quantitative estimate of drug-likeness (QED) is 0.828. The Kier molecular flexibility index (Phi) is 5.98. The number of hydrogen-bond donors (Lipinski definition) is 1. The molecule has 0 saturated carbocycles. The van der Waals surface area contributed by atoms with E-state index in [2.05, 4.69) is 47.5 Å². The van der Waals surface area contributed by atoms with Crippen LogP contribution in [-0.2, 0) is 13.1 Å². The van der Waals surface area contributed by atoms with Gasteiger partial charge in [-0.05, 0) is 25.3 Å². The minimum atomic E-state index is 0.486. The SMILES string of the molecule is CCC1CCCN(CCn2cc(CNC(C)C)nn2)C1. The Hall–Kier alpha value is -0.940. The zero-order chi connectivity index (χ0) is 14.4. The van der Waals surface area contributed by atoms with Crippen molar-refractivity contribution in [3.63, 3.8) is 0 Å². The largest absolute Gasteiger partial charge is 0.309 e. The van der Waals surface area contributed by atoms with Gasteiger partial charge in [-0.15, -0.1) is 5.10 Å². The highest BCUT2D eigenvalue weighted by atomic mass is 15.4. The first kappa shape index (κ1) is 15.4. The summed E-state index contributed by atoms with van der Waals surface area (Å²) in [4.78, 5) is 2.57. The van der Waals surface area contributed by atoms with Crippen LogP contribution in [0.15, 0.2) is 6.20 Å². The van der Waals surface area contributed by atoms with E-state index in [1.165, 1.54) is 32.4 Å². The fraction of sp³-hybridized carbons (Fsp3) is 0.867. The fourth-order valence-corrected chi connectivity index (χ4v) is 2.77. The molecule has 1 unspecified atom stereocenters. The van der Waals surface area contributed by atoms with Crippen molar-refractivity contribution in [1.29, 1.82) is 0 Å². The van der Waals surface area contributed by atoms with Gasteiger partial charge in [0.15, 0.2) is 0 Å². The van der Waals surface area contributed by atoms with E-state index in [0.717, 1.165) is 31.2 Å². The molecule has 5 heteroatoms. The minimum Gasteiger partial charge on any atom is -0.309 e. The van der Waals surface area contributed by atoms with Crippen LogP contribution < -0.4 is 5.32 Å². The number of nitrogens with one attached hydrogen (secondary N) is 1. The van der Waals surface area contributed by atoms with Crippen LogP contribution >= 0.6 is 0 Å². The van der Waals surface area contributed by atoms with Crippen LogP contribution in [0.5, 0.6) is 0 Å². The maximum Gasteiger partial charge on any atom is 0.0964 e. The average molecular weight is 279 g/mol. The molecular weight excluding hydrogens is 250 g/mol. The van der Waals surface area contributed by atoms with Gasteiger partial charge in [-0.2, -0.15) is 0 Å². The minimum absolute atomic E-state index is 0.486. The highest BCUT2D eigenvalue weighted by molar-refractivity contribution is 4.91. The number of hydrogen-bond acceptors (Lipinski definition) is 4. The predicted molar refractivity (Wildman–Crippen MR) is 81.5 cm³/mol. The van der Waals surface area contributed by atoms with Crippen LogP contribution in [0.2, 0.25) is 0 Å². The summed E-state index contributed by atoms with van der Waals surface area (Å²) in [7, 11) is 0. The number of likely N-dealkylation sites (tertiary alicyclic amines) is 1. The van der Waals surface area contributed by atoms with E-state index in [1.807, 2.05) is 4.68 Å². The van der Waals surface area contributed by atoms with Gasteiger partial charge in [-0.1, -0.05) is 32.4 Å². The lowest BCUT2D eigenvalue weighted by atomic mass is 9.96. The van der Waals surface area contributed by atoms with Gasteiger partial charge in [0.25, 0.3) is 0 Å². The first-order valence-electron chi connectivity index (χ1n) is 8.02. The molecule has 20 heavy (non-hydrogen) atoms. The molecule has 1 aliphatic rings. The zero-order valence-corrected chi connectivity index (χ0v) is 13.2. The van der Waals surface area contributed by atoms with Crippen molar-refractivity contribution < 1.29 is 0 Å². The number of nitrogens with zero attached hydrogens (tertiary/aromatic N) is 4. The second-order valence-corrected chi connectivity index (χ2v) is 6.23. The highest BCUT2D eigenvalue weighted by Crippen LogP contribution is 2.18. The highest BCUT2D eigenvalue weighted by Gasteiger charge is 2.18. The van der Waals surface area contributed by atoms with Crippen LogP contribution in [0.1, 0.15) is 45.7 Å². The van der Waals surface area contributed by atoms with Crippen LogP contribution in [0.25, 0.3) is 0 Å². The third kappa shape index (κ3) is 4.87. The first-order chi connectivity index (χ1) is 9.67. The van der Waals surface area contributed by atoms with Crippen molar-refractivity contribution >= 4 is 0 Å². The molecule has 1 aromatic rings. The van der Waals surface area contributed by atoms with Crippen LogP contribution in [0.4, 0.5) is 0 Å². The van der Waals surface area contributed by atoms with Gasteiger partial charge in [0.05, 0.1) is 12.2 Å². The molecule has 0 amide bonds. The molecule has 5 nitrogen and oxygen atoms in total. The summed E-state index contributed by atoms with van der Waals surface area (Å²) in [5, 5.41) is 11.8. The van der Waals surface area contributed by atoms with Crippen LogP contribution in [0, 0.1) is 5.92 Å². The van der Waals surface area contributed by atoms with Gasteiger partial charge in [-0.25, -0.2) is 0 Å². The van der Waals surface area contributed by atoms with Crippen molar-refractivity contribution in [2.24, 2.45) is 5.92 Å². The van der Waals surface area contributed by atoms with Crippen molar-refractivity contribution in [2.45, 2.75) is 59.2 Å². The molecule has 1 fully saturated rings. The van der Waals surface area contributed by atoms with Crippen molar-refractivity contribution in [3.05, 3.63) is 11.9 Å². The third-order valence-electron chi connectivity index (χ3n) is 4.10. The Balaban J connectivity index is 1.73. The Morgan fingerprint density at radius 2 is 2.25 bits per heavy atom.